The molecule has 1 aliphatic rings. The molecule has 5 heteroatoms. The summed E-state index contributed by atoms with van der Waals surface area (Å²) < 4.78 is 0. The third-order valence-electron chi connectivity index (χ3n) is 3.73. The smallest absolute Gasteiger partial charge is 0.251 e. The summed E-state index contributed by atoms with van der Waals surface area (Å²) in [4.78, 5) is 11.9. The summed E-state index contributed by atoms with van der Waals surface area (Å²) in [5.74, 6) is -0.0532. The molecule has 1 heterocycles. The van der Waals surface area contributed by atoms with Crippen molar-refractivity contribution in [1.82, 2.24) is 5.32 Å². The van der Waals surface area contributed by atoms with Crippen molar-refractivity contribution in [2.75, 3.05) is 6.54 Å². The van der Waals surface area contributed by atoms with Gasteiger partial charge in [0, 0.05) is 12.1 Å². The number of hydrogen-bond acceptors (Lipinski definition) is 2. The standard InChI is InChI=1S/C16H14Cl2N2O/c17-13-3-1-2-11(14(13)18)15(19)10-5-4-9-6-7-20-16(21)12(9)8-10/h1-5,8,15H,6-7,19H2,(H,20,21). The lowest BCUT2D eigenvalue weighted by Crippen LogP contribution is -2.32. The van der Waals surface area contributed by atoms with Crippen LogP contribution in [0, 0.1) is 0 Å². The molecule has 0 saturated heterocycles. The fraction of sp³-hybridized carbons (Fsp3) is 0.188. The summed E-state index contributed by atoms with van der Waals surface area (Å²) in [6, 6.07) is 10.7. The quantitative estimate of drug-likeness (QED) is 0.891. The fourth-order valence-corrected chi connectivity index (χ4v) is 2.99. The van der Waals surface area contributed by atoms with Crippen molar-refractivity contribution in [2.45, 2.75) is 12.5 Å². The predicted molar refractivity (Wildman–Crippen MR) is 85.0 cm³/mol. The van der Waals surface area contributed by atoms with E-state index in [0.717, 1.165) is 23.1 Å². The van der Waals surface area contributed by atoms with Crippen LogP contribution in [0.25, 0.3) is 0 Å². The summed E-state index contributed by atoms with van der Waals surface area (Å²) in [5, 5.41) is 3.76. The van der Waals surface area contributed by atoms with Gasteiger partial charge in [-0.3, -0.25) is 4.79 Å². The van der Waals surface area contributed by atoms with Gasteiger partial charge in [-0.05, 0) is 35.2 Å². The number of hydrogen-bond donors (Lipinski definition) is 2. The maximum Gasteiger partial charge on any atom is 0.251 e. The summed E-state index contributed by atoms with van der Waals surface area (Å²) in [5.41, 5.74) is 9.62. The molecule has 2 aromatic rings. The zero-order chi connectivity index (χ0) is 15.0. The number of nitrogens with one attached hydrogen (secondary N) is 1. The lowest BCUT2D eigenvalue weighted by molar-refractivity contribution is 0.0946. The Hall–Kier alpha value is -1.55. The summed E-state index contributed by atoms with van der Waals surface area (Å²) >= 11 is 12.3. The lowest BCUT2D eigenvalue weighted by atomic mass is 9.93. The van der Waals surface area contributed by atoms with Crippen LogP contribution in [0.3, 0.4) is 0 Å². The number of carbonyl (C=O) groups excluding carboxylic acids is 1. The van der Waals surface area contributed by atoms with Crippen LogP contribution < -0.4 is 11.1 Å². The summed E-state index contributed by atoms with van der Waals surface area (Å²) in [6.45, 7) is 0.678. The Morgan fingerprint density at radius 3 is 2.81 bits per heavy atom. The van der Waals surface area contributed by atoms with Crippen molar-refractivity contribution in [2.24, 2.45) is 5.73 Å². The van der Waals surface area contributed by atoms with Gasteiger partial charge in [0.05, 0.1) is 16.1 Å². The largest absolute Gasteiger partial charge is 0.352 e. The van der Waals surface area contributed by atoms with Gasteiger partial charge < -0.3 is 11.1 Å². The molecule has 0 saturated carbocycles. The zero-order valence-corrected chi connectivity index (χ0v) is 12.7. The molecule has 0 fully saturated rings. The molecule has 3 rings (SSSR count). The highest BCUT2D eigenvalue weighted by Gasteiger charge is 2.20. The average molecular weight is 321 g/mol. The minimum absolute atomic E-state index is 0.0532. The van der Waals surface area contributed by atoms with E-state index in [9.17, 15) is 4.79 Å². The highest BCUT2D eigenvalue weighted by Crippen LogP contribution is 2.32. The molecule has 1 atom stereocenters. The molecule has 1 amide bonds. The molecule has 0 spiro atoms. The van der Waals surface area contributed by atoms with Crippen LogP contribution >= 0.6 is 23.2 Å². The van der Waals surface area contributed by atoms with Crippen molar-refractivity contribution < 1.29 is 4.79 Å². The van der Waals surface area contributed by atoms with Gasteiger partial charge in [0.1, 0.15) is 0 Å². The highest BCUT2D eigenvalue weighted by molar-refractivity contribution is 6.42. The van der Waals surface area contributed by atoms with Gasteiger partial charge in [-0.1, -0.05) is 47.5 Å². The summed E-state index contributed by atoms with van der Waals surface area (Å²) in [7, 11) is 0. The van der Waals surface area contributed by atoms with Crippen molar-refractivity contribution in [3.63, 3.8) is 0 Å². The molecule has 108 valence electrons. The Kier molecular flexibility index (Phi) is 3.89. The van der Waals surface area contributed by atoms with E-state index < -0.39 is 6.04 Å². The average Bonchev–Trinajstić information content (AvgIpc) is 2.49. The van der Waals surface area contributed by atoms with E-state index in [1.165, 1.54) is 0 Å². The molecule has 0 aliphatic carbocycles. The second-order valence-corrected chi connectivity index (χ2v) is 5.83. The molecule has 1 aliphatic heterocycles. The van der Waals surface area contributed by atoms with Crippen LogP contribution in [0.15, 0.2) is 36.4 Å². The highest BCUT2D eigenvalue weighted by atomic mass is 35.5. The van der Waals surface area contributed by atoms with Crippen molar-refractivity contribution >= 4 is 29.1 Å². The number of carbonyl (C=O) groups is 1. The topological polar surface area (TPSA) is 55.1 Å². The first-order valence-electron chi connectivity index (χ1n) is 6.68. The maximum absolute atomic E-state index is 11.9. The number of nitrogens with two attached hydrogens (primary N) is 1. The minimum Gasteiger partial charge on any atom is -0.352 e. The van der Waals surface area contributed by atoms with Crippen molar-refractivity contribution in [3.05, 3.63) is 68.7 Å². The maximum atomic E-state index is 11.9. The third kappa shape index (κ3) is 2.64. The SMILES string of the molecule is NC(c1ccc2c(c1)C(=O)NCC2)c1cccc(Cl)c1Cl. The van der Waals surface area contributed by atoms with Crippen molar-refractivity contribution in [1.29, 1.82) is 0 Å². The Balaban J connectivity index is 2.02. The van der Waals surface area contributed by atoms with E-state index in [1.807, 2.05) is 30.3 Å². The molecule has 0 radical (unpaired) electrons. The number of rotatable bonds is 2. The van der Waals surface area contributed by atoms with Gasteiger partial charge in [0.2, 0.25) is 0 Å². The first kappa shape index (κ1) is 14.4. The number of halogens is 2. The Morgan fingerprint density at radius 1 is 1.19 bits per heavy atom. The first-order valence-corrected chi connectivity index (χ1v) is 7.44. The van der Waals surface area contributed by atoms with Gasteiger partial charge in [-0.25, -0.2) is 0 Å². The van der Waals surface area contributed by atoms with Gasteiger partial charge in [0.25, 0.3) is 5.91 Å². The van der Waals surface area contributed by atoms with Crippen LogP contribution in [0.2, 0.25) is 10.0 Å². The monoisotopic (exact) mass is 320 g/mol. The molecule has 2 aromatic carbocycles. The minimum atomic E-state index is -0.420. The molecule has 0 bridgehead atoms. The zero-order valence-electron chi connectivity index (χ0n) is 11.2. The van der Waals surface area contributed by atoms with E-state index >= 15 is 0 Å². The summed E-state index contributed by atoms with van der Waals surface area (Å²) in [6.07, 6.45) is 0.842. The van der Waals surface area contributed by atoms with E-state index in [1.54, 1.807) is 6.07 Å². The number of benzene rings is 2. The number of amides is 1. The van der Waals surface area contributed by atoms with Crippen LogP contribution in [0.4, 0.5) is 0 Å². The van der Waals surface area contributed by atoms with Gasteiger partial charge in [-0.15, -0.1) is 0 Å². The van der Waals surface area contributed by atoms with Gasteiger partial charge >= 0.3 is 0 Å². The second-order valence-electron chi connectivity index (χ2n) is 5.04. The van der Waals surface area contributed by atoms with Crippen LogP contribution in [-0.2, 0) is 6.42 Å². The van der Waals surface area contributed by atoms with E-state index in [-0.39, 0.29) is 5.91 Å². The van der Waals surface area contributed by atoms with Gasteiger partial charge in [0.15, 0.2) is 0 Å². The van der Waals surface area contributed by atoms with E-state index in [2.05, 4.69) is 5.32 Å². The van der Waals surface area contributed by atoms with E-state index in [0.29, 0.717) is 22.2 Å². The van der Waals surface area contributed by atoms with Gasteiger partial charge in [-0.2, -0.15) is 0 Å². The lowest BCUT2D eigenvalue weighted by Gasteiger charge is -2.20. The van der Waals surface area contributed by atoms with Crippen LogP contribution in [0.1, 0.15) is 33.1 Å². The molecule has 21 heavy (non-hydrogen) atoms. The molecular formula is C16H14Cl2N2O. The van der Waals surface area contributed by atoms with Crippen molar-refractivity contribution in [3.8, 4) is 0 Å². The first-order chi connectivity index (χ1) is 10.1. The molecule has 3 N–H and O–H groups in total. The molecule has 0 aromatic heterocycles. The van der Waals surface area contributed by atoms with Crippen LogP contribution in [0.5, 0.6) is 0 Å². The molecule has 3 nitrogen and oxygen atoms in total. The van der Waals surface area contributed by atoms with Crippen LogP contribution in [-0.4, -0.2) is 12.5 Å². The van der Waals surface area contributed by atoms with E-state index in [4.69, 9.17) is 28.9 Å². The molecular weight excluding hydrogens is 307 g/mol. The Morgan fingerprint density at radius 2 is 2.00 bits per heavy atom. The Labute approximate surface area is 133 Å². The number of fused-ring (bicyclic) bond motifs is 1. The predicted octanol–water partition coefficient (Wildman–Crippen LogP) is 3.33. The normalized spacial score (nSPS) is 15.3. The Bertz CT molecular complexity index is 715. The second kappa shape index (κ2) is 5.68. The molecule has 1 unspecified atom stereocenters. The third-order valence-corrected chi connectivity index (χ3v) is 4.57. The fourth-order valence-electron chi connectivity index (χ4n) is 2.56.